The fourth-order valence-electron chi connectivity index (χ4n) is 2.06. The number of esters is 2. The zero-order valence-electron chi connectivity index (χ0n) is 18.6. The Balaban J connectivity index is 0. The predicted molar refractivity (Wildman–Crippen MR) is 115 cm³/mol. The average Bonchev–Trinajstić information content (AvgIpc) is 3.31. The van der Waals surface area contributed by atoms with Crippen molar-refractivity contribution in [2.75, 3.05) is 13.2 Å². The smallest absolute Gasteiger partial charge is 0.330 e. The van der Waals surface area contributed by atoms with E-state index in [-0.39, 0.29) is 31.7 Å². The van der Waals surface area contributed by atoms with Gasteiger partial charge in [0.25, 0.3) is 0 Å². The van der Waals surface area contributed by atoms with Crippen molar-refractivity contribution in [2.45, 2.75) is 62.7 Å². The van der Waals surface area contributed by atoms with Crippen LogP contribution in [-0.2, 0) is 33.5 Å². The quantitative estimate of drug-likeness (QED) is 0.0964. The molecule has 4 atom stereocenters. The van der Waals surface area contributed by atoms with Gasteiger partial charge in [-0.15, -0.1) is 0 Å². The van der Waals surface area contributed by atoms with Gasteiger partial charge in [-0.1, -0.05) is 0 Å². The molecule has 1 fully saturated rings. The van der Waals surface area contributed by atoms with Crippen molar-refractivity contribution in [2.24, 2.45) is 28.7 Å². The number of aliphatic hydroxyl groups excluding tert-OH is 1. The number of carboxylic acid groups (broad SMARTS) is 2. The number of hydrogen-bond acceptors (Lipinski definition) is 12. The molecule has 0 aliphatic carbocycles. The van der Waals surface area contributed by atoms with Gasteiger partial charge in [-0.2, -0.15) is 0 Å². The van der Waals surface area contributed by atoms with E-state index >= 15 is 0 Å². The van der Waals surface area contributed by atoms with Gasteiger partial charge >= 0.3 is 23.9 Å². The Morgan fingerprint density at radius 3 is 1.50 bits per heavy atom. The molecule has 196 valence electrons. The Morgan fingerprint density at radius 2 is 1.29 bits per heavy atom. The van der Waals surface area contributed by atoms with E-state index in [1.54, 1.807) is 0 Å². The van der Waals surface area contributed by atoms with E-state index in [1.807, 2.05) is 0 Å². The number of hydrogen-bond donors (Lipinski definition) is 9. The number of rotatable bonds is 11. The van der Waals surface area contributed by atoms with Gasteiger partial charge in [0.05, 0.1) is 6.61 Å². The molecule has 0 aromatic rings. The van der Waals surface area contributed by atoms with Crippen LogP contribution in [0.5, 0.6) is 0 Å². The van der Waals surface area contributed by atoms with Crippen LogP contribution in [0.2, 0.25) is 0 Å². The van der Waals surface area contributed by atoms with Gasteiger partial charge in [0.15, 0.2) is 0 Å². The molecule has 1 saturated heterocycles. The van der Waals surface area contributed by atoms with Crippen molar-refractivity contribution >= 4 is 35.7 Å². The number of aliphatic hydroxyl groups is 1. The Bertz CT molecular complexity index is 665. The largest absolute Gasteiger partial charge is 0.480 e. The fraction of sp³-hybridized carbons (Fsp3) is 0.667. The molecule has 1 aliphatic heterocycles. The zero-order valence-corrected chi connectivity index (χ0v) is 18.6. The minimum atomic E-state index is -1.18. The maximum Gasteiger partial charge on any atom is 0.330 e. The summed E-state index contributed by atoms with van der Waals surface area (Å²) in [6.07, 6.45) is 1.53. The Morgan fingerprint density at radius 1 is 0.853 bits per heavy atom. The van der Waals surface area contributed by atoms with Crippen LogP contribution in [-0.4, -0.2) is 88.3 Å². The van der Waals surface area contributed by atoms with E-state index in [9.17, 15) is 28.8 Å². The lowest BCUT2D eigenvalue weighted by Crippen LogP contribution is -2.40. The molecule has 16 nitrogen and oxygen atoms in total. The molecule has 0 saturated carbocycles. The molecule has 14 N–H and O–H groups in total. The second-order valence-corrected chi connectivity index (χ2v) is 7.08. The van der Waals surface area contributed by atoms with E-state index in [1.165, 1.54) is 0 Å². The summed E-state index contributed by atoms with van der Waals surface area (Å²) < 4.78 is 4.41. The van der Waals surface area contributed by atoms with Gasteiger partial charge in [0.1, 0.15) is 24.2 Å². The second kappa shape index (κ2) is 18.3. The number of carbonyl (C=O) groups is 6. The number of carbonyl (C=O) groups excluding carboxylic acids is 4. The topological polar surface area (TPSA) is 314 Å². The summed E-state index contributed by atoms with van der Waals surface area (Å²) in [6.45, 7) is 0.353. The minimum Gasteiger partial charge on any atom is -0.480 e. The van der Waals surface area contributed by atoms with Crippen molar-refractivity contribution in [1.82, 2.24) is 5.32 Å². The van der Waals surface area contributed by atoms with Gasteiger partial charge in [0.2, 0.25) is 11.8 Å². The van der Waals surface area contributed by atoms with Crippen LogP contribution in [0.25, 0.3) is 0 Å². The van der Waals surface area contributed by atoms with Crippen LogP contribution in [0.3, 0.4) is 0 Å². The standard InChI is InChI=1S/C10H18N4O5.C5H9NO2.C3H7NO3/c11-5(1-3-7(13)15)9(17)19-10(18)6(12)2-4-8(14)16;7-5(8)4-2-1-3-6-4;4-2(1-5)3(6)7/h5-6H,1-4,11-12H2,(H2,13,15)(H2,14,16);4,6H,1-3H2,(H,7,8);2,5H,1,4H2,(H,6,7)/t5-,6-;4-;2-/m000/s1. The molecule has 0 aromatic carbocycles. The number of ether oxygens (including phenoxy) is 1. The van der Waals surface area contributed by atoms with Gasteiger partial charge < -0.3 is 54.0 Å². The SMILES string of the molecule is NC(=O)CC[C@H](N)C(=O)OC(=O)[C@@H](N)CCC(N)=O.N[C@@H](CO)C(=O)O.O=C(O)[C@@H]1CCCN1. The maximum atomic E-state index is 11.3. The number of carboxylic acids is 2. The zero-order chi connectivity index (χ0) is 26.8. The molecule has 34 heavy (non-hydrogen) atoms. The molecule has 16 heteroatoms. The van der Waals surface area contributed by atoms with Crippen LogP contribution in [0.4, 0.5) is 0 Å². The minimum absolute atomic E-state index is 0.0298. The highest BCUT2D eigenvalue weighted by molar-refractivity contribution is 5.91. The van der Waals surface area contributed by atoms with Crippen molar-refractivity contribution in [3.63, 3.8) is 0 Å². The summed E-state index contributed by atoms with van der Waals surface area (Å²) in [5, 5.41) is 27.1. The first-order valence-electron chi connectivity index (χ1n) is 10.1. The summed E-state index contributed by atoms with van der Waals surface area (Å²) in [5.41, 5.74) is 25.3. The van der Waals surface area contributed by atoms with Crippen molar-refractivity contribution in [3.8, 4) is 0 Å². The summed E-state index contributed by atoms with van der Waals surface area (Å²) in [5.74, 6) is -5.13. The van der Waals surface area contributed by atoms with Gasteiger partial charge in [0, 0.05) is 12.8 Å². The number of nitrogens with two attached hydrogens (primary N) is 5. The van der Waals surface area contributed by atoms with Gasteiger partial charge in [-0.25, -0.2) is 9.59 Å². The Labute approximate surface area is 195 Å². The summed E-state index contributed by atoms with van der Waals surface area (Å²) >= 11 is 0. The van der Waals surface area contributed by atoms with Crippen molar-refractivity contribution in [1.29, 1.82) is 0 Å². The van der Waals surface area contributed by atoms with E-state index in [0.717, 1.165) is 19.4 Å². The summed E-state index contributed by atoms with van der Waals surface area (Å²) in [6, 6.07) is -3.67. The number of primary amides is 2. The molecule has 1 heterocycles. The normalized spacial score (nSPS) is 16.9. The third kappa shape index (κ3) is 17.4. The molecule has 2 amide bonds. The average molecular weight is 495 g/mol. The maximum absolute atomic E-state index is 11.3. The first kappa shape index (κ1) is 33.0. The summed E-state index contributed by atoms with van der Waals surface area (Å²) in [7, 11) is 0. The fourth-order valence-corrected chi connectivity index (χ4v) is 2.06. The molecular weight excluding hydrogens is 460 g/mol. The van der Waals surface area contributed by atoms with Gasteiger partial charge in [-0.05, 0) is 32.2 Å². The summed E-state index contributed by atoms with van der Waals surface area (Å²) in [4.78, 5) is 63.4. The highest BCUT2D eigenvalue weighted by atomic mass is 16.6. The van der Waals surface area contributed by atoms with Crippen molar-refractivity contribution < 1.29 is 48.8 Å². The number of aliphatic carboxylic acids is 2. The third-order valence-corrected chi connectivity index (χ3v) is 4.08. The van der Waals surface area contributed by atoms with Gasteiger partial charge in [-0.3, -0.25) is 19.2 Å². The second-order valence-electron chi connectivity index (χ2n) is 7.08. The molecule has 0 bridgehead atoms. The molecule has 0 unspecified atom stereocenters. The van der Waals surface area contributed by atoms with Crippen LogP contribution < -0.4 is 34.0 Å². The Hall–Kier alpha value is -3.18. The number of amides is 2. The lowest BCUT2D eigenvalue weighted by molar-refractivity contribution is -0.161. The highest BCUT2D eigenvalue weighted by Gasteiger charge is 2.23. The molecule has 0 radical (unpaired) electrons. The number of nitrogens with one attached hydrogen (secondary N) is 1. The van der Waals surface area contributed by atoms with E-state index < -0.39 is 60.4 Å². The first-order valence-corrected chi connectivity index (χ1v) is 10.1. The monoisotopic (exact) mass is 494 g/mol. The van der Waals surface area contributed by atoms with E-state index in [4.69, 9.17) is 44.0 Å². The van der Waals surface area contributed by atoms with Crippen LogP contribution >= 0.6 is 0 Å². The molecule has 1 aliphatic rings. The highest BCUT2D eigenvalue weighted by Crippen LogP contribution is 2.03. The van der Waals surface area contributed by atoms with Crippen LogP contribution in [0.1, 0.15) is 38.5 Å². The lowest BCUT2D eigenvalue weighted by Gasteiger charge is -2.12. The lowest BCUT2D eigenvalue weighted by atomic mass is 10.1. The third-order valence-electron chi connectivity index (χ3n) is 4.08. The van der Waals surface area contributed by atoms with Crippen LogP contribution in [0, 0.1) is 0 Å². The van der Waals surface area contributed by atoms with E-state index in [2.05, 4.69) is 10.1 Å². The van der Waals surface area contributed by atoms with E-state index in [0.29, 0.717) is 0 Å². The molecular formula is C18H34N6O10. The van der Waals surface area contributed by atoms with Crippen LogP contribution in [0.15, 0.2) is 0 Å². The molecule has 0 spiro atoms. The van der Waals surface area contributed by atoms with Crippen molar-refractivity contribution in [3.05, 3.63) is 0 Å². The first-order chi connectivity index (χ1) is 15.7. The Kier molecular flexibility index (Phi) is 17.7. The molecule has 1 rings (SSSR count). The predicted octanol–water partition coefficient (Wildman–Crippen LogP) is -4.54. The molecule has 0 aromatic heterocycles.